The van der Waals surface area contributed by atoms with E-state index in [9.17, 15) is 15.0 Å². The van der Waals surface area contributed by atoms with Gasteiger partial charge in [0.05, 0.1) is 17.2 Å². The highest BCUT2D eigenvalue weighted by atomic mass is 16.3. The Morgan fingerprint density at radius 1 is 1.26 bits per heavy atom. The summed E-state index contributed by atoms with van der Waals surface area (Å²) in [5.41, 5.74) is 3.59. The monoisotopic (exact) mass is 366 g/mol. The van der Waals surface area contributed by atoms with Crippen molar-refractivity contribution >= 4 is 22.6 Å². The minimum absolute atomic E-state index is 0.321. The number of rotatable bonds is 2. The molecule has 1 aliphatic heterocycles. The number of anilines is 1. The second-order valence-corrected chi connectivity index (χ2v) is 6.85. The Hall–Kier alpha value is -2.90. The van der Waals surface area contributed by atoms with E-state index < -0.39 is 18.2 Å². The van der Waals surface area contributed by atoms with Crippen LogP contribution in [0.25, 0.3) is 11.0 Å². The fraction of sp³-hybridized carbons (Fsp3) is 0.300. The summed E-state index contributed by atoms with van der Waals surface area (Å²) < 4.78 is 1.90. The lowest BCUT2D eigenvalue weighted by Crippen LogP contribution is -2.38. The molecule has 4 N–H and O–H groups in total. The zero-order valence-electron chi connectivity index (χ0n) is 15.4. The number of imidazole rings is 1. The molecule has 0 saturated heterocycles. The number of aryl methyl sites for hydroxylation is 2. The van der Waals surface area contributed by atoms with Crippen LogP contribution < -0.4 is 10.6 Å². The Morgan fingerprint density at radius 2 is 1.96 bits per heavy atom. The maximum atomic E-state index is 12.5. The quantitative estimate of drug-likeness (QED) is 0.554. The molecule has 3 atom stereocenters. The first-order chi connectivity index (χ1) is 12.9. The van der Waals surface area contributed by atoms with Crippen LogP contribution in [-0.4, -0.2) is 38.8 Å². The maximum Gasteiger partial charge on any atom is 0.251 e. The van der Waals surface area contributed by atoms with Crippen LogP contribution in [0, 0.1) is 6.92 Å². The molecule has 7 nitrogen and oxygen atoms in total. The van der Waals surface area contributed by atoms with Crippen LogP contribution in [-0.2, 0) is 7.05 Å². The number of benzene rings is 2. The van der Waals surface area contributed by atoms with E-state index >= 15 is 0 Å². The molecule has 0 bridgehead atoms. The molecule has 3 aromatic rings. The predicted molar refractivity (Wildman–Crippen MR) is 103 cm³/mol. The molecular formula is C20H22N4O3. The summed E-state index contributed by atoms with van der Waals surface area (Å²) in [4.78, 5) is 17.1. The van der Waals surface area contributed by atoms with Crippen molar-refractivity contribution in [1.29, 1.82) is 0 Å². The van der Waals surface area contributed by atoms with Crippen LogP contribution in [0.1, 0.15) is 39.5 Å². The molecule has 0 unspecified atom stereocenters. The zero-order chi connectivity index (χ0) is 19.3. The van der Waals surface area contributed by atoms with Crippen molar-refractivity contribution in [3.63, 3.8) is 0 Å². The topological polar surface area (TPSA) is 99.4 Å². The van der Waals surface area contributed by atoms with Crippen LogP contribution in [0.5, 0.6) is 0 Å². The standard InChI is InChI=1S/C20H22N4O3/c1-10-22-16-13(24(10)3)9-12(20(27)21-2)14-17(16)23-15(19(26)18(14)25)11-7-5-4-6-8-11/h4-9,15,18-19,23,25-26H,1-3H3,(H,21,27)/t15-,18+,19-/m1/s1. The number of carbonyl (C=O) groups excluding carboxylic acids is 1. The first-order valence-electron chi connectivity index (χ1n) is 8.83. The Kier molecular flexibility index (Phi) is 4.13. The van der Waals surface area contributed by atoms with Gasteiger partial charge in [-0.1, -0.05) is 30.3 Å². The van der Waals surface area contributed by atoms with E-state index in [-0.39, 0.29) is 5.91 Å². The number of aliphatic hydroxyl groups excluding tert-OH is 2. The van der Waals surface area contributed by atoms with Crippen LogP contribution in [0.3, 0.4) is 0 Å². The molecule has 0 radical (unpaired) electrons. The third-order valence-corrected chi connectivity index (χ3v) is 5.33. The molecule has 140 valence electrons. The lowest BCUT2D eigenvalue weighted by atomic mass is 9.85. The first-order valence-corrected chi connectivity index (χ1v) is 8.83. The molecule has 1 amide bonds. The number of fused-ring (bicyclic) bond motifs is 3. The van der Waals surface area contributed by atoms with Gasteiger partial charge >= 0.3 is 0 Å². The van der Waals surface area contributed by atoms with E-state index in [1.54, 1.807) is 13.1 Å². The van der Waals surface area contributed by atoms with Crippen LogP contribution >= 0.6 is 0 Å². The number of nitrogens with zero attached hydrogens (tertiary/aromatic N) is 2. The summed E-state index contributed by atoms with van der Waals surface area (Å²) in [5.74, 6) is 0.471. The largest absolute Gasteiger partial charge is 0.388 e. The van der Waals surface area contributed by atoms with Crippen LogP contribution in [0.15, 0.2) is 36.4 Å². The van der Waals surface area contributed by atoms with Gasteiger partial charge in [-0.2, -0.15) is 0 Å². The SMILES string of the molecule is CNC(=O)c1cc2c(nc(C)n2C)c2c1[C@H](O)[C@H](O)[C@@H](c1ccccc1)N2. The van der Waals surface area contributed by atoms with Crippen molar-refractivity contribution in [1.82, 2.24) is 14.9 Å². The normalized spacial score (nSPS) is 21.6. The molecule has 2 aromatic carbocycles. The molecule has 27 heavy (non-hydrogen) atoms. The summed E-state index contributed by atoms with van der Waals surface area (Å²) in [6.07, 6.45) is -2.32. The average Bonchev–Trinajstić information content (AvgIpc) is 2.98. The first kappa shape index (κ1) is 17.5. The van der Waals surface area contributed by atoms with Gasteiger partial charge in [0, 0.05) is 25.2 Å². The van der Waals surface area contributed by atoms with Gasteiger partial charge in [0.15, 0.2) is 0 Å². The Balaban J connectivity index is 1.99. The minimum atomic E-state index is -1.22. The van der Waals surface area contributed by atoms with Crippen molar-refractivity contribution in [2.24, 2.45) is 7.05 Å². The zero-order valence-corrected chi connectivity index (χ0v) is 15.4. The molecule has 0 aliphatic carbocycles. The van der Waals surface area contributed by atoms with Crippen LogP contribution in [0.2, 0.25) is 0 Å². The lowest BCUT2D eigenvalue weighted by Gasteiger charge is -2.36. The fourth-order valence-electron chi connectivity index (χ4n) is 3.76. The summed E-state index contributed by atoms with van der Waals surface area (Å²) >= 11 is 0. The van der Waals surface area contributed by atoms with Crippen molar-refractivity contribution in [3.8, 4) is 0 Å². The molecule has 4 rings (SSSR count). The van der Waals surface area contributed by atoms with Gasteiger partial charge in [-0.15, -0.1) is 0 Å². The molecule has 1 aliphatic rings. The lowest BCUT2D eigenvalue weighted by molar-refractivity contribution is 0.00162. The average molecular weight is 366 g/mol. The third-order valence-electron chi connectivity index (χ3n) is 5.33. The molecular weight excluding hydrogens is 344 g/mol. The van der Waals surface area contributed by atoms with Gasteiger partial charge in [-0.25, -0.2) is 4.98 Å². The number of amides is 1. The highest BCUT2D eigenvalue weighted by Crippen LogP contribution is 2.44. The second kappa shape index (κ2) is 6.37. The van der Waals surface area contributed by atoms with E-state index in [2.05, 4.69) is 15.6 Å². The molecule has 0 spiro atoms. The van der Waals surface area contributed by atoms with E-state index in [0.29, 0.717) is 22.3 Å². The minimum Gasteiger partial charge on any atom is -0.388 e. The highest BCUT2D eigenvalue weighted by Gasteiger charge is 2.39. The Labute approximate surface area is 156 Å². The molecule has 0 fully saturated rings. The van der Waals surface area contributed by atoms with Crippen LogP contribution in [0.4, 0.5) is 5.69 Å². The van der Waals surface area contributed by atoms with Crippen molar-refractivity contribution in [2.45, 2.75) is 25.2 Å². The van der Waals surface area contributed by atoms with Crippen molar-refractivity contribution in [2.75, 3.05) is 12.4 Å². The van der Waals surface area contributed by atoms with E-state index in [4.69, 9.17) is 0 Å². The second-order valence-electron chi connectivity index (χ2n) is 6.85. The van der Waals surface area contributed by atoms with E-state index in [0.717, 1.165) is 16.9 Å². The number of aliphatic hydroxyl groups is 2. The summed E-state index contributed by atoms with van der Waals surface area (Å²) in [7, 11) is 3.42. The molecule has 7 heteroatoms. The van der Waals surface area contributed by atoms with Gasteiger partial charge in [0.25, 0.3) is 5.91 Å². The van der Waals surface area contributed by atoms with Crippen molar-refractivity contribution in [3.05, 3.63) is 58.9 Å². The Bertz CT molecular complexity index is 1030. The predicted octanol–water partition coefficient (Wildman–Crippen LogP) is 1.80. The van der Waals surface area contributed by atoms with Gasteiger partial charge < -0.3 is 25.4 Å². The van der Waals surface area contributed by atoms with Gasteiger partial charge in [0.2, 0.25) is 0 Å². The fourth-order valence-corrected chi connectivity index (χ4v) is 3.76. The van der Waals surface area contributed by atoms with Gasteiger partial charge in [-0.05, 0) is 18.6 Å². The highest BCUT2D eigenvalue weighted by molar-refractivity contribution is 6.04. The molecule has 2 heterocycles. The number of carbonyl (C=O) groups is 1. The number of nitrogens with one attached hydrogen (secondary N) is 2. The Morgan fingerprint density at radius 3 is 2.63 bits per heavy atom. The smallest absolute Gasteiger partial charge is 0.251 e. The van der Waals surface area contributed by atoms with E-state index in [1.165, 1.54) is 0 Å². The third kappa shape index (κ3) is 2.58. The summed E-state index contributed by atoms with van der Waals surface area (Å²) in [5, 5.41) is 27.6. The van der Waals surface area contributed by atoms with Gasteiger partial charge in [0.1, 0.15) is 23.5 Å². The maximum absolute atomic E-state index is 12.5. The molecule has 1 aromatic heterocycles. The number of hydrogen-bond acceptors (Lipinski definition) is 5. The summed E-state index contributed by atoms with van der Waals surface area (Å²) in [6.45, 7) is 1.88. The number of aromatic nitrogens is 2. The number of hydrogen-bond donors (Lipinski definition) is 4. The molecule has 0 saturated carbocycles. The summed E-state index contributed by atoms with van der Waals surface area (Å²) in [6, 6.07) is 10.6. The van der Waals surface area contributed by atoms with Gasteiger partial charge in [-0.3, -0.25) is 4.79 Å². The van der Waals surface area contributed by atoms with E-state index in [1.807, 2.05) is 48.9 Å². The van der Waals surface area contributed by atoms with Crippen molar-refractivity contribution < 1.29 is 15.0 Å².